The molecule has 3 aromatic rings. The molecule has 0 bridgehead atoms. The zero-order valence-corrected chi connectivity index (χ0v) is 13.2. The molecule has 0 radical (unpaired) electrons. The van der Waals surface area contributed by atoms with E-state index in [9.17, 15) is 14.4 Å². The van der Waals surface area contributed by atoms with Gasteiger partial charge in [-0.2, -0.15) is 0 Å². The molecule has 1 aliphatic rings. The Morgan fingerprint density at radius 1 is 1.00 bits per heavy atom. The molecule has 2 heterocycles. The minimum absolute atomic E-state index is 0.0408. The van der Waals surface area contributed by atoms with Crippen LogP contribution in [-0.2, 0) is 11.3 Å². The third-order valence-electron chi connectivity index (χ3n) is 4.12. The zero-order chi connectivity index (χ0) is 17.4. The van der Waals surface area contributed by atoms with E-state index in [0.717, 1.165) is 11.1 Å². The first-order chi connectivity index (χ1) is 12.1. The Morgan fingerprint density at radius 3 is 2.48 bits per heavy atom. The first-order valence-electron chi connectivity index (χ1n) is 7.78. The number of carbonyl (C=O) groups excluding carboxylic acids is 2. The van der Waals surface area contributed by atoms with Gasteiger partial charge in [0.1, 0.15) is 5.82 Å². The fourth-order valence-corrected chi connectivity index (χ4v) is 2.79. The number of urea groups is 1. The van der Waals surface area contributed by atoms with E-state index in [1.807, 2.05) is 18.2 Å². The Balaban J connectivity index is 1.63. The molecule has 2 aromatic carbocycles. The number of aromatic nitrogens is 2. The standard InChI is InChI=1S/C18H14N4O3/c23-15-9-19-18(25)22(15)10-11-5-7-12(8-6-11)16-20-14-4-2-1-3-13(14)17(24)21-16/h1-8H,9-10H2,(H,19,25)(H,20,21,24). The van der Waals surface area contributed by atoms with Gasteiger partial charge in [-0.1, -0.05) is 36.4 Å². The van der Waals surface area contributed by atoms with Gasteiger partial charge in [-0.3, -0.25) is 14.5 Å². The van der Waals surface area contributed by atoms with Crippen molar-refractivity contribution in [3.05, 3.63) is 64.4 Å². The number of rotatable bonds is 3. The molecule has 2 N–H and O–H groups in total. The molecular formula is C18H14N4O3. The monoisotopic (exact) mass is 334 g/mol. The van der Waals surface area contributed by atoms with Crippen molar-refractivity contribution in [1.29, 1.82) is 0 Å². The summed E-state index contributed by atoms with van der Waals surface area (Å²) in [5.74, 6) is 0.236. The van der Waals surface area contributed by atoms with Gasteiger partial charge >= 0.3 is 6.03 Å². The third-order valence-corrected chi connectivity index (χ3v) is 4.12. The Morgan fingerprint density at radius 2 is 1.76 bits per heavy atom. The molecule has 1 fully saturated rings. The highest BCUT2D eigenvalue weighted by atomic mass is 16.2. The largest absolute Gasteiger partial charge is 0.329 e. The molecule has 1 aromatic heterocycles. The average molecular weight is 334 g/mol. The minimum Gasteiger partial charge on any atom is -0.329 e. The van der Waals surface area contributed by atoms with Crippen LogP contribution in [0.4, 0.5) is 4.79 Å². The van der Waals surface area contributed by atoms with E-state index in [4.69, 9.17) is 0 Å². The second kappa shape index (κ2) is 5.86. The number of benzene rings is 2. The summed E-state index contributed by atoms with van der Waals surface area (Å²) in [6, 6.07) is 14.0. The van der Waals surface area contributed by atoms with E-state index in [1.165, 1.54) is 4.90 Å². The summed E-state index contributed by atoms with van der Waals surface area (Å²) >= 11 is 0. The average Bonchev–Trinajstić information content (AvgIpc) is 2.94. The Hall–Kier alpha value is -3.48. The van der Waals surface area contributed by atoms with E-state index in [-0.39, 0.29) is 30.6 Å². The predicted molar refractivity (Wildman–Crippen MR) is 91.7 cm³/mol. The van der Waals surface area contributed by atoms with Crippen molar-refractivity contribution < 1.29 is 9.59 Å². The molecule has 4 rings (SSSR count). The number of nitrogens with zero attached hydrogens (tertiary/aromatic N) is 2. The van der Waals surface area contributed by atoms with E-state index < -0.39 is 0 Å². The van der Waals surface area contributed by atoms with E-state index in [2.05, 4.69) is 15.3 Å². The van der Waals surface area contributed by atoms with Gasteiger partial charge in [0.25, 0.3) is 5.56 Å². The van der Waals surface area contributed by atoms with Crippen LogP contribution in [0, 0.1) is 0 Å². The number of H-pyrrole nitrogens is 1. The van der Waals surface area contributed by atoms with Crippen LogP contribution in [0.15, 0.2) is 53.3 Å². The van der Waals surface area contributed by atoms with E-state index >= 15 is 0 Å². The second-order valence-electron chi connectivity index (χ2n) is 5.77. The fraction of sp³-hybridized carbons (Fsp3) is 0.111. The Kier molecular flexibility index (Phi) is 3.53. The molecule has 0 unspecified atom stereocenters. The van der Waals surface area contributed by atoms with Gasteiger partial charge in [-0.25, -0.2) is 9.78 Å². The van der Waals surface area contributed by atoms with Crippen LogP contribution in [0.2, 0.25) is 0 Å². The lowest BCUT2D eigenvalue weighted by Crippen LogP contribution is -2.30. The first-order valence-corrected chi connectivity index (χ1v) is 7.78. The van der Waals surface area contributed by atoms with Crippen LogP contribution < -0.4 is 10.9 Å². The smallest absolute Gasteiger partial charge is 0.324 e. The topological polar surface area (TPSA) is 95.2 Å². The van der Waals surface area contributed by atoms with Crippen molar-refractivity contribution in [2.45, 2.75) is 6.54 Å². The quantitative estimate of drug-likeness (QED) is 0.712. The molecule has 0 saturated carbocycles. The Bertz CT molecular complexity index is 1020. The van der Waals surface area contributed by atoms with Crippen LogP contribution in [-0.4, -0.2) is 33.4 Å². The van der Waals surface area contributed by atoms with Crippen molar-refractivity contribution in [1.82, 2.24) is 20.2 Å². The first kappa shape index (κ1) is 15.1. The number of nitrogens with one attached hydrogen (secondary N) is 2. The van der Waals surface area contributed by atoms with E-state index in [0.29, 0.717) is 16.7 Å². The number of fused-ring (bicyclic) bond motifs is 1. The van der Waals surface area contributed by atoms with Crippen LogP contribution in [0.5, 0.6) is 0 Å². The molecule has 1 saturated heterocycles. The highest BCUT2D eigenvalue weighted by Crippen LogP contribution is 2.18. The molecule has 25 heavy (non-hydrogen) atoms. The molecular weight excluding hydrogens is 320 g/mol. The van der Waals surface area contributed by atoms with Gasteiger partial charge in [-0.15, -0.1) is 0 Å². The lowest BCUT2D eigenvalue weighted by Gasteiger charge is -2.12. The summed E-state index contributed by atoms with van der Waals surface area (Å²) in [6.45, 7) is 0.256. The molecule has 0 aliphatic carbocycles. The van der Waals surface area contributed by atoms with Gasteiger partial charge in [0.15, 0.2) is 0 Å². The summed E-state index contributed by atoms with van der Waals surface area (Å²) in [5, 5.41) is 3.03. The molecule has 0 atom stereocenters. The van der Waals surface area contributed by atoms with Gasteiger partial charge < -0.3 is 10.3 Å². The number of carbonyl (C=O) groups is 2. The molecule has 7 nitrogen and oxygen atoms in total. The second-order valence-corrected chi connectivity index (χ2v) is 5.77. The van der Waals surface area contributed by atoms with Crippen molar-refractivity contribution >= 4 is 22.8 Å². The van der Waals surface area contributed by atoms with Gasteiger partial charge in [0.2, 0.25) is 5.91 Å². The highest BCUT2D eigenvalue weighted by molar-refractivity contribution is 6.01. The predicted octanol–water partition coefficient (Wildman–Crippen LogP) is 1.64. The molecule has 7 heteroatoms. The maximum atomic E-state index is 12.2. The van der Waals surface area contributed by atoms with Crippen molar-refractivity contribution in [2.75, 3.05) is 6.54 Å². The number of aromatic amines is 1. The number of imide groups is 1. The molecule has 124 valence electrons. The number of hydrogen-bond acceptors (Lipinski definition) is 4. The van der Waals surface area contributed by atoms with Crippen LogP contribution in [0.3, 0.4) is 0 Å². The molecule has 1 aliphatic heterocycles. The maximum absolute atomic E-state index is 12.2. The van der Waals surface area contributed by atoms with E-state index in [1.54, 1.807) is 30.3 Å². The molecule has 0 spiro atoms. The summed E-state index contributed by atoms with van der Waals surface area (Å²) in [5.41, 5.74) is 2.01. The Labute approximate surface area is 142 Å². The summed E-state index contributed by atoms with van der Waals surface area (Å²) in [6.07, 6.45) is 0. The summed E-state index contributed by atoms with van der Waals surface area (Å²) in [4.78, 5) is 43.8. The van der Waals surface area contributed by atoms with Crippen LogP contribution in [0.1, 0.15) is 5.56 Å². The van der Waals surface area contributed by atoms with Crippen molar-refractivity contribution in [3.8, 4) is 11.4 Å². The lowest BCUT2D eigenvalue weighted by atomic mass is 10.1. The van der Waals surface area contributed by atoms with Gasteiger partial charge in [0, 0.05) is 5.56 Å². The summed E-state index contributed by atoms with van der Waals surface area (Å²) < 4.78 is 0. The van der Waals surface area contributed by atoms with Gasteiger partial charge in [-0.05, 0) is 17.7 Å². The lowest BCUT2D eigenvalue weighted by molar-refractivity contribution is -0.125. The number of hydrogen-bond donors (Lipinski definition) is 2. The summed E-state index contributed by atoms with van der Waals surface area (Å²) in [7, 11) is 0. The van der Waals surface area contributed by atoms with Crippen molar-refractivity contribution in [3.63, 3.8) is 0 Å². The van der Waals surface area contributed by atoms with Crippen molar-refractivity contribution in [2.24, 2.45) is 0 Å². The van der Waals surface area contributed by atoms with Gasteiger partial charge in [0.05, 0.1) is 24.0 Å². The SMILES string of the molecule is O=C1CNC(=O)N1Cc1ccc(-c2nc3ccccc3c(=O)[nH]2)cc1. The normalized spacial score (nSPS) is 14.2. The highest BCUT2D eigenvalue weighted by Gasteiger charge is 2.28. The van der Waals surface area contributed by atoms with Crippen LogP contribution in [0.25, 0.3) is 22.3 Å². The fourth-order valence-electron chi connectivity index (χ4n) is 2.79. The number of para-hydroxylation sites is 1. The maximum Gasteiger partial charge on any atom is 0.324 e. The number of amides is 3. The minimum atomic E-state index is -0.380. The zero-order valence-electron chi connectivity index (χ0n) is 13.2. The molecule has 3 amide bonds. The third kappa shape index (κ3) is 2.76. The van der Waals surface area contributed by atoms with Crippen LogP contribution >= 0.6 is 0 Å².